The average Bonchev–Trinajstić information content (AvgIpc) is 2.93. The predicted octanol–water partition coefficient (Wildman–Crippen LogP) is 0.581. The van der Waals surface area contributed by atoms with Gasteiger partial charge in [-0.15, -0.1) is 0 Å². The highest BCUT2D eigenvalue weighted by Gasteiger charge is 2.56. The number of fused-ring (bicyclic) bond motifs is 2. The molecular formula is C19H27N3O2. The maximum Gasteiger partial charge on any atom is 0.227 e. The Kier molecular flexibility index (Phi) is 4.11. The smallest absolute Gasteiger partial charge is 0.227 e. The zero-order valence-corrected chi connectivity index (χ0v) is 14.4. The molecule has 5 nitrogen and oxygen atoms in total. The zero-order valence-electron chi connectivity index (χ0n) is 14.4. The van der Waals surface area contributed by atoms with Crippen molar-refractivity contribution in [2.45, 2.75) is 37.5 Å². The van der Waals surface area contributed by atoms with E-state index in [4.69, 9.17) is 0 Å². The first-order valence-electron chi connectivity index (χ1n) is 9.08. The number of hydrogen-bond acceptors (Lipinski definition) is 4. The number of aliphatic hydroxyl groups is 1. The lowest BCUT2D eigenvalue weighted by Gasteiger charge is -2.61. The second-order valence-corrected chi connectivity index (χ2v) is 7.66. The van der Waals surface area contributed by atoms with Gasteiger partial charge in [-0.1, -0.05) is 37.3 Å². The molecule has 1 aromatic rings. The van der Waals surface area contributed by atoms with Crippen molar-refractivity contribution in [1.29, 1.82) is 0 Å². The Morgan fingerprint density at radius 1 is 1.21 bits per heavy atom. The van der Waals surface area contributed by atoms with Crippen LogP contribution in [0.3, 0.4) is 0 Å². The van der Waals surface area contributed by atoms with Crippen LogP contribution in [-0.4, -0.2) is 82.7 Å². The minimum atomic E-state index is -0.244. The molecule has 0 bridgehead atoms. The van der Waals surface area contributed by atoms with E-state index in [1.807, 2.05) is 30.3 Å². The van der Waals surface area contributed by atoms with Crippen molar-refractivity contribution in [3.63, 3.8) is 0 Å². The van der Waals surface area contributed by atoms with Crippen LogP contribution < -0.4 is 0 Å². The highest BCUT2D eigenvalue weighted by atomic mass is 16.3. The number of likely N-dealkylation sites (N-methyl/N-ethyl adjacent to an activating group) is 1. The number of nitrogens with zero attached hydrogens (tertiary/aromatic N) is 3. The summed E-state index contributed by atoms with van der Waals surface area (Å²) in [7, 11) is 0. The summed E-state index contributed by atoms with van der Waals surface area (Å²) in [6.45, 7) is 7.60. The molecule has 0 radical (unpaired) electrons. The average molecular weight is 329 g/mol. The van der Waals surface area contributed by atoms with Crippen molar-refractivity contribution >= 4 is 5.91 Å². The fraction of sp³-hybridized carbons (Fsp3) is 0.632. The summed E-state index contributed by atoms with van der Waals surface area (Å²) in [4.78, 5) is 19.8. The number of benzene rings is 1. The summed E-state index contributed by atoms with van der Waals surface area (Å²) in [6, 6.07) is 10.3. The molecule has 0 aromatic heterocycles. The van der Waals surface area contributed by atoms with Crippen LogP contribution in [0.4, 0.5) is 0 Å². The van der Waals surface area contributed by atoms with E-state index in [1.54, 1.807) is 0 Å². The molecule has 0 saturated carbocycles. The molecule has 130 valence electrons. The lowest BCUT2D eigenvalue weighted by atomic mass is 9.83. The molecule has 1 aromatic carbocycles. The number of piperazine rings is 1. The molecule has 3 saturated heterocycles. The molecule has 3 aliphatic heterocycles. The number of amides is 1. The van der Waals surface area contributed by atoms with Gasteiger partial charge >= 0.3 is 0 Å². The van der Waals surface area contributed by atoms with Gasteiger partial charge in [0.15, 0.2) is 0 Å². The molecule has 1 spiro atoms. The van der Waals surface area contributed by atoms with Crippen LogP contribution in [0.15, 0.2) is 30.3 Å². The van der Waals surface area contributed by atoms with Crippen molar-refractivity contribution in [3.05, 3.63) is 35.9 Å². The van der Waals surface area contributed by atoms with Crippen molar-refractivity contribution in [2.75, 3.05) is 39.3 Å². The fourth-order valence-electron chi connectivity index (χ4n) is 4.77. The van der Waals surface area contributed by atoms with Gasteiger partial charge in [0.1, 0.15) is 0 Å². The van der Waals surface area contributed by atoms with Gasteiger partial charge in [0.2, 0.25) is 5.91 Å². The van der Waals surface area contributed by atoms with Crippen LogP contribution >= 0.6 is 0 Å². The topological polar surface area (TPSA) is 47.0 Å². The maximum atomic E-state index is 12.8. The molecule has 0 unspecified atom stereocenters. The van der Waals surface area contributed by atoms with Crippen LogP contribution in [0.5, 0.6) is 0 Å². The molecule has 3 aliphatic rings. The third-order valence-corrected chi connectivity index (χ3v) is 5.95. The number of rotatable bonds is 3. The van der Waals surface area contributed by atoms with E-state index in [0.29, 0.717) is 12.5 Å². The Bertz CT molecular complexity index is 600. The van der Waals surface area contributed by atoms with Crippen molar-refractivity contribution in [3.8, 4) is 0 Å². The monoisotopic (exact) mass is 329 g/mol. The summed E-state index contributed by atoms with van der Waals surface area (Å²) >= 11 is 0. The molecule has 2 atom stereocenters. The van der Waals surface area contributed by atoms with E-state index in [2.05, 4.69) is 21.6 Å². The maximum absolute atomic E-state index is 12.8. The summed E-state index contributed by atoms with van der Waals surface area (Å²) in [5.41, 5.74) is 1.14. The number of carbonyl (C=O) groups excluding carboxylic acids is 1. The highest BCUT2D eigenvalue weighted by Crippen LogP contribution is 2.38. The molecular weight excluding hydrogens is 302 g/mol. The third kappa shape index (κ3) is 2.75. The van der Waals surface area contributed by atoms with Gasteiger partial charge < -0.3 is 10.0 Å². The molecule has 3 heterocycles. The number of hydrogen-bond donors (Lipinski definition) is 1. The summed E-state index contributed by atoms with van der Waals surface area (Å²) in [5.74, 6) is 0.219. The molecule has 4 rings (SSSR count). The van der Waals surface area contributed by atoms with Crippen LogP contribution in [0.2, 0.25) is 0 Å². The third-order valence-electron chi connectivity index (χ3n) is 5.95. The quantitative estimate of drug-likeness (QED) is 0.881. The van der Waals surface area contributed by atoms with Gasteiger partial charge in [-0.3, -0.25) is 14.6 Å². The van der Waals surface area contributed by atoms with Gasteiger partial charge in [0.05, 0.1) is 18.1 Å². The van der Waals surface area contributed by atoms with Crippen LogP contribution in [-0.2, 0) is 11.2 Å². The number of aliphatic hydroxyl groups excluding tert-OH is 1. The molecule has 3 fully saturated rings. The minimum Gasteiger partial charge on any atom is -0.392 e. The van der Waals surface area contributed by atoms with Crippen molar-refractivity contribution in [2.24, 2.45) is 0 Å². The van der Waals surface area contributed by atoms with Crippen LogP contribution in [0.1, 0.15) is 18.9 Å². The van der Waals surface area contributed by atoms with E-state index in [0.717, 1.165) is 51.3 Å². The van der Waals surface area contributed by atoms with Gasteiger partial charge in [-0.2, -0.15) is 0 Å². The van der Waals surface area contributed by atoms with E-state index >= 15 is 0 Å². The first kappa shape index (κ1) is 16.1. The normalized spacial score (nSPS) is 29.5. The first-order chi connectivity index (χ1) is 11.6. The van der Waals surface area contributed by atoms with E-state index in [1.165, 1.54) is 0 Å². The molecule has 0 aliphatic carbocycles. The second-order valence-electron chi connectivity index (χ2n) is 7.66. The molecule has 24 heavy (non-hydrogen) atoms. The number of likely N-dealkylation sites (tertiary alicyclic amines) is 1. The Hall–Kier alpha value is -1.43. The van der Waals surface area contributed by atoms with Gasteiger partial charge in [0, 0.05) is 38.8 Å². The van der Waals surface area contributed by atoms with Gasteiger partial charge in [0.25, 0.3) is 0 Å². The Balaban J connectivity index is 1.49. The lowest BCUT2D eigenvalue weighted by molar-refractivity contribution is -0.149. The summed E-state index contributed by atoms with van der Waals surface area (Å²) in [6.07, 6.45) is 1.03. The molecule has 5 heteroatoms. The SMILES string of the molecule is CCN1CC2(C1)CN(C(=O)Cc1ccccc1)C[C@H]1C[C@@H](O)CN12. The first-order valence-corrected chi connectivity index (χ1v) is 9.08. The standard InChI is InChI=1S/C19H27N3O2/c1-2-20-12-19(13-20)14-21(10-16-9-17(23)11-22(16)19)18(24)8-15-6-4-3-5-7-15/h3-7,16-17,23H,2,8-14H2,1H3/t16-,17-/m1/s1. The van der Waals surface area contributed by atoms with Crippen molar-refractivity contribution < 1.29 is 9.90 Å². The van der Waals surface area contributed by atoms with E-state index in [9.17, 15) is 9.90 Å². The van der Waals surface area contributed by atoms with E-state index < -0.39 is 0 Å². The fourth-order valence-corrected chi connectivity index (χ4v) is 4.77. The predicted molar refractivity (Wildman–Crippen MR) is 92.7 cm³/mol. The minimum absolute atomic E-state index is 0.0583. The molecule has 1 amide bonds. The number of carbonyl (C=O) groups is 1. The Morgan fingerprint density at radius 3 is 2.67 bits per heavy atom. The summed E-state index contributed by atoms with van der Waals surface area (Å²) < 4.78 is 0. The van der Waals surface area contributed by atoms with E-state index in [-0.39, 0.29) is 17.6 Å². The van der Waals surface area contributed by atoms with Crippen LogP contribution in [0, 0.1) is 0 Å². The second kappa shape index (κ2) is 6.14. The van der Waals surface area contributed by atoms with Crippen molar-refractivity contribution in [1.82, 2.24) is 14.7 Å². The van der Waals surface area contributed by atoms with Crippen LogP contribution in [0.25, 0.3) is 0 Å². The largest absolute Gasteiger partial charge is 0.392 e. The molecule has 1 N–H and O–H groups in total. The Labute approximate surface area is 143 Å². The highest BCUT2D eigenvalue weighted by molar-refractivity contribution is 5.79. The van der Waals surface area contributed by atoms with Gasteiger partial charge in [-0.25, -0.2) is 0 Å². The van der Waals surface area contributed by atoms with Gasteiger partial charge in [-0.05, 0) is 18.5 Å². The summed E-state index contributed by atoms with van der Waals surface area (Å²) in [5, 5.41) is 10.1. The lowest BCUT2D eigenvalue weighted by Crippen LogP contribution is -2.78. The Morgan fingerprint density at radius 2 is 1.96 bits per heavy atom. The number of β-amino-alcohol motifs (C(OH)–C–C–N with tert-alkyl or cyclic N) is 1. The zero-order chi connectivity index (χ0) is 16.7.